The Labute approximate surface area is 189 Å². The van der Waals surface area contributed by atoms with Crippen LogP contribution in [0.5, 0.6) is 5.75 Å². The van der Waals surface area contributed by atoms with Crippen LogP contribution in [0.2, 0.25) is 5.02 Å². The Hall–Kier alpha value is -2.04. The quantitative estimate of drug-likeness (QED) is 0.701. The molecule has 2 aromatic rings. The maximum absolute atomic E-state index is 12.9. The summed E-state index contributed by atoms with van der Waals surface area (Å²) in [4.78, 5) is 15.5. The molecule has 0 spiro atoms. The molecule has 0 amide bonds. The van der Waals surface area contributed by atoms with Crippen molar-refractivity contribution in [2.45, 2.75) is 50.0 Å². The van der Waals surface area contributed by atoms with Crippen LogP contribution in [-0.4, -0.2) is 42.2 Å². The number of phenolic OH excluding ortho intramolecular Hbond substituents is 1. The number of phenols is 1. The molecule has 5 atom stereocenters. The SMILES string of the molecule is COC(=O)[C@]1(c2ccc(Cl)cc2)C[C@@H]1CN1CC[C@@]2(C)c3cc(O)ccc3C[C@@H]1[C@H]2C. The van der Waals surface area contributed by atoms with Crippen molar-refractivity contribution in [2.24, 2.45) is 11.8 Å². The number of likely N-dealkylation sites (tertiary alicyclic amines) is 1. The van der Waals surface area contributed by atoms with Crippen LogP contribution in [0.3, 0.4) is 0 Å². The lowest BCUT2D eigenvalue weighted by Gasteiger charge is -2.54. The van der Waals surface area contributed by atoms with Crippen LogP contribution in [0.15, 0.2) is 42.5 Å². The lowest BCUT2D eigenvalue weighted by Crippen LogP contribution is -2.58. The van der Waals surface area contributed by atoms with Gasteiger partial charge in [-0.05, 0) is 84.0 Å². The molecule has 5 heteroatoms. The predicted octanol–water partition coefficient (Wildman–Crippen LogP) is 4.70. The maximum atomic E-state index is 12.9. The second kappa shape index (κ2) is 7.25. The summed E-state index contributed by atoms with van der Waals surface area (Å²) in [5, 5.41) is 10.7. The predicted molar refractivity (Wildman–Crippen MR) is 122 cm³/mol. The normalized spacial score (nSPS) is 34.1. The second-order valence-electron chi connectivity index (χ2n) is 9.93. The summed E-state index contributed by atoms with van der Waals surface area (Å²) in [6.07, 6.45) is 2.87. The van der Waals surface area contributed by atoms with Gasteiger partial charge in [-0.15, -0.1) is 0 Å². The highest BCUT2D eigenvalue weighted by atomic mass is 35.5. The van der Waals surface area contributed by atoms with Crippen LogP contribution in [0, 0.1) is 11.8 Å². The van der Waals surface area contributed by atoms with Gasteiger partial charge in [-0.1, -0.05) is 43.6 Å². The Bertz CT molecular complexity index is 1020. The van der Waals surface area contributed by atoms with Crippen molar-refractivity contribution in [3.8, 4) is 5.75 Å². The molecule has 164 valence electrons. The summed E-state index contributed by atoms with van der Waals surface area (Å²) >= 11 is 6.09. The molecule has 3 aliphatic rings. The van der Waals surface area contributed by atoms with Crippen molar-refractivity contribution in [3.05, 3.63) is 64.2 Å². The van der Waals surface area contributed by atoms with E-state index in [1.54, 1.807) is 0 Å². The number of fused-ring (bicyclic) bond motifs is 4. The van der Waals surface area contributed by atoms with Gasteiger partial charge < -0.3 is 9.84 Å². The highest BCUT2D eigenvalue weighted by molar-refractivity contribution is 6.30. The van der Waals surface area contributed by atoms with Gasteiger partial charge in [-0.3, -0.25) is 9.69 Å². The van der Waals surface area contributed by atoms with E-state index in [1.165, 1.54) is 18.2 Å². The van der Waals surface area contributed by atoms with Crippen molar-refractivity contribution in [1.29, 1.82) is 0 Å². The molecule has 1 N–H and O–H groups in total. The number of halogens is 1. The van der Waals surface area contributed by atoms with Gasteiger partial charge >= 0.3 is 5.97 Å². The summed E-state index contributed by atoms with van der Waals surface area (Å²) in [5.74, 6) is 0.951. The van der Waals surface area contributed by atoms with Crippen LogP contribution in [0.1, 0.15) is 43.4 Å². The minimum absolute atomic E-state index is 0.0760. The van der Waals surface area contributed by atoms with Gasteiger partial charge in [0.1, 0.15) is 5.75 Å². The van der Waals surface area contributed by atoms with Crippen molar-refractivity contribution in [2.75, 3.05) is 20.2 Å². The molecular weight excluding hydrogens is 410 g/mol. The van der Waals surface area contributed by atoms with E-state index >= 15 is 0 Å². The maximum Gasteiger partial charge on any atom is 0.316 e. The Morgan fingerprint density at radius 3 is 2.71 bits per heavy atom. The summed E-state index contributed by atoms with van der Waals surface area (Å²) < 4.78 is 5.24. The number of esters is 1. The van der Waals surface area contributed by atoms with E-state index in [0.717, 1.165) is 37.9 Å². The zero-order chi connectivity index (χ0) is 22.0. The van der Waals surface area contributed by atoms with Crippen molar-refractivity contribution >= 4 is 17.6 Å². The second-order valence-corrected chi connectivity index (χ2v) is 10.4. The Morgan fingerprint density at radius 2 is 2.00 bits per heavy atom. The van der Waals surface area contributed by atoms with Gasteiger partial charge in [0.25, 0.3) is 0 Å². The topological polar surface area (TPSA) is 49.8 Å². The molecule has 2 fully saturated rings. The van der Waals surface area contributed by atoms with Gasteiger partial charge in [-0.25, -0.2) is 0 Å². The molecule has 1 heterocycles. The minimum atomic E-state index is -0.554. The van der Waals surface area contributed by atoms with E-state index in [4.69, 9.17) is 16.3 Å². The summed E-state index contributed by atoms with van der Waals surface area (Å²) in [6, 6.07) is 14.0. The molecule has 2 bridgehead atoms. The number of benzene rings is 2. The van der Waals surface area contributed by atoms with E-state index < -0.39 is 5.41 Å². The zero-order valence-electron chi connectivity index (χ0n) is 18.4. The van der Waals surface area contributed by atoms with Crippen molar-refractivity contribution in [1.82, 2.24) is 4.90 Å². The monoisotopic (exact) mass is 439 g/mol. The van der Waals surface area contributed by atoms with Gasteiger partial charge in [0.2, 0.25) is 0 Å². The highest BCUT2D eigenvalue weighted by Crippen LogP contribution is 2.57. The third kappa shape index (κ3) is 3.10. The number of nitrogens with zero attached hydrogens (tertiary/aromatic N) is 1. The van der Waals surface area contributed by atoms with E-state index in [9.17, 15) is 9.90 Å². The molecule has 2 aromatic carbocycles. The number of methoxy groups -OCH3 is 1. The average molecular weight is 440 g/mol. The first kappa shape index (κ1) is 20.8. The molecule has 1 saturated heterocycles. The molecule has 1 saturated carbocycles. The average Bonchev–Trinajstić information content (AvgIpc) is 3.48. The molecule has 4 nitrogen and oxygen atoms in total. The Balaban J connectivity index is 1.41. The molecule has 5 rings (SSSR count). The largest absolute Gasteiger partial charge is 0.508 e. The van der Waals surface area contributed by atoms with Crippen LogP contribution < -0.4 is 0 Å². The molecule has 1 aliphatic heterocycles. The van der Waals surface area contributed by atoms with Crippen LogP contribution in [0.4, 0.5) is 0 Å². The number of aromatic hydroxyl groups is 1. The third-order valence-electron chi connectivity index (χ3n) is 8.58. The lowest BCUT2D eigenvalue weighted by molar-refractivity contribution is -0.144. The first-order chi connectivity index (χ1) is 14.8. The molecule has 0 aromatic heterocycles. The van der Waals surface area contributed by atoms with E-state index in [0.29, 0.717) is 22.7 Å². The standard InChI is InChI=1S/C26H30ClNO3/c1-16-23-12-17-4-9-21(29)13-22(17)25(16,2)10-11-28(23)15-19-14-26(19,24(30)31-3)18-5-7-20(27)8-6-18/h4-9,13,16,19,23,29H,10-12,14-15H2,1-3H3/t16-,19-,23-,25-,26+/m1/s1. The highest BCUT2D eigenvalue weighted by Gasteiger charge is 2.63. The molecule has 2 aliphatic carbocycles. The fourth-order valence-electron chi connectivity index (χ4n) is 6.41. The first-order valence-corrected chi connectivity index (χ1v) is 11.6. The Morgan fingerprint density at radius 1 is 1.26 bits per heavy atom. The summed E-state index contributed by atoms with van der Waals surface area (Å²) in [6.45, 7) is 6.61. The molecule has 0 unspecified atom stereocenters. The number of ether oxygens (including phenoxy) is 1. The number of carbonyl (C=O) groups excluding carboxylic acids is 1. The smallest absolute Gasteiger partial charge is 0.316 e. The van der Waals surface area contributed by atoms with Gasteiger partial charge in [0.15, 0.2) is 0 Å². The van der Waals surface area contributed by atoms with Crippen LogP contribution >= 0.6 is 11.6 Å². The van der Waals surface area contributed by atoms with E-state index in [-0.39, 0.29) is 17.3 Å². The lowest BCUT2D eigenvalue weighted by atomic mass is 9.59. The number of hydrogen-bond acceptors (Lipinski definition) is 4. The Kier molecular flexibility index (Phi) is 4.87. The third-order valence-corrected chi connectivity index (χ3v) is 8.83. The van der Waals surface area contributed by atoms with Crippen LogP contribution in [-0.2, 0) is 26.8 Å². The number of hydrogen-bond donors (Lipinski definition) is 1. The summed E-state index contributed by atoms with van der Waals surface area (Å²) in [5.41, 5.74) is 3.19. The number of piperidine rings is 1. The number of carbonyl (C=O) groups is 1. The van der Waals surface area contributed by atoms with Gasteiger partial charge in [-0.2, -0.15) is 0 Å². The van der Waals surface area contributed by atoms with Gasteiger partial charge in [0.05, 0.1) is 12.5 Å². The number of rotatable bonds is 4. The van der Waals surface area contributed by atoms with Crippen LogP contribution in [0.25, 0.3) is 0 Å². The minimum Gasteiger partial charge on any atom is -0.508 e. The fraction of sp³-hybridized carbons (Fsp3) is 0.500. The van der Waals surface area contributed by atoms with E-state index in [2.05, 4.69) is 24.8 Å². The zero-order valence-corrected chi connectivity index (χ0v) is 19.2. The molecule has 31 heavy (non-hydrogen) atoms. The molecular formula is C26H30ClNO3. The van der Waals surface area contributed by atoms with Crippen molar-refractivity contribution < 1.29 is 14.6 Å². The fourth-order valence-corrected chi connectivity index (χ4v) is 6.53. The summed E-state index contributed by atoms with van der Waals surface area (Å²) in [7, 11) is 1.48. The van der Waals surface area contributed by atoms with Crippen molar-refractivity contribution in [3.63, 3.8) is 0 Å². The van der Waals surface area contributed by atoms with Gasteiger partial charge in [0, 0.05) is 17.6 Å². The van der Waals surface area contributed by atoms with E-state index in [1.807, 2.05) is 36.4 Å². The molecule has 0 radical (unpaired) electrons. The first-order valence-electron chi connectivity index (χ1n) is 11.2.